The van der Waals surface area contributed by atoms with Crippen LogP contribution in [0.4, 0.5) is 5.69 Å². The molecule has 0 heterocycles. The summed E-state index contributed by atoms with van der Waals surface area (Å²) in [5, 5.41) is 2.67. The fourth-order valence-corrected chi connectivity index (χ4v) is 3.70. The zero-order valence-electron chi connectivity index (χ0n) is 14.4. The number of carbonyl (C=O) groups excluding carboxylic acids is 1. The van der Waals surface area contributed by atoms with Crippen molar-refractivity contribution in [3.8, 4) is 11.5 Å². The van der Waals surface area contributed by atoms with Gasteiger partial charge in [0.1, 0.15) is 0 Å². The van der Waals surface area contributed by atoms with Gasteiger partial charge in [-0.1, -0.05) is 0 Å². The molecule has 0 aromatic heterocycles. The lowest BCUT2D eigenvalue weighted by Crippen LogP contribution is -2.41. The van der Waals surface area contributed by atoms with E-state index in [4.69, 9.17) is 9.47 Å². The third-order valence-corrected chi connectivity index (χ3v) is 5.76. The molecule has 1 atom stereocenters. The van der Waals surface area contributed by atoms with Crippen molar-refractivity contribution in [1.29, 1.82) is 0 Å². The fourth-order valence-electron chi connectivity index (χ4n) is 2.12. The molecule has 0 aliphatic carbocycles. The van der Waals surface area contributed by atoms with Crippen LogP contribution in [0.25, 0.3) is 0 Å². The van der Waals surface area contributed by atoms with Crippen LogP contribution in [0.3, 0.4) is 0 Å². The maximum atomic E-state index is 12.5. The fraction of sp³-hybridized carbons (Fsp3) is 0.235. The van der Waals surface area contributed by atoms with Crippen molar-refractivity contribution in [2.75, 3.05) is 19.5 Å². The smallest absolute Gasteiger partial charge is 0.242 e. The van der Waals surface area contributed by atoms with E-state index in [9.17, 15) is 13.2 Å². The van der Waals surface area contributed by atoms with Gasteiger partial charge in [0.2, 0.25) is 15.9 Å². The summed E-state index contributed by atoms with van der Waals surface area (Å²) < 4.78 is 38.6. The first-order chi connectivity index (χ1) is 12.3. The zero-order chi connectivity index (χ0) is 19.3. The molecule has 140 valence electrons. The van der Waals surface area contributed by atoms with E-state index in [-0.39, 0.29) is 10.6 Å². The molecule has 0 spiro atoms. The minimum Gasteiger partial charge on any atom is -0.493 e. The molecule has 2 aromatic carbocycles. The second kappa shape index (κ2) is 8.69. The number of anilines is 1. The van der Waals surface area contributed by atoms with E-state index in [0.717, 1.165) is 3.57 Å². The summed E-state index contributed by atoms with van der Waals surface area (Å²) in [7, 11) is -1.03. The number of rotatable bonds is 7. The Kier molecular flexibility index (Phi) is 6.84. The van der Waals surface area contributed by atoms with Gasteiger partial charge in [0, 0.05) is 15.3 Å². The molecule has 0 fully saturated rings. The summed E-state index contributed by atoms with van der Waals surface area (Å²) in [6.45, 7) is 1.47. The third kappa shape index (κ3) is 5.08. The predicted molar refractivity (Wildman–Crippen MR) is 107 cm³/mol. The largest absolute Gasteiger partial charge is 0.493 e. The van der Waals surface area contributed by atoms with Gasteiger partial charge in [-0.25, -0.2) is 8.42 Å². The highest BCUT2D eigenvalue weighted by Crippen LogP contribution is 2.29. The number of hydrogen-bond acceptors (Lipinski definition) is 5. The lowest BCUT2D eigenvalue weighted by atomic mass is 10.3. The molecule has 2 aromatic rings. The topological polar surface area (TPSA) is 93.7 Å². The first kappa shape index (κ1) is 20.5. The van der Waals surface area contributed by atoms with E-state index < -0.39 is 22.0 Å². The molecule has 0 aliphatic rings. The van der Waals surface area contributed by atoms with Crippen molar-refractivity contribution in [3.63, 3.8) is 0 Å². The molecule has 0 bridgehead atoms. The van der Waals surface area contributed by atoms with Gasteiger partial charge in [-0.3, -0.25) is 4.79 Å². The van der Waals surface area contributed by atoms with Gasteiger partial charge in [-0.05, 0) is 65.9 Å². The van der Waals surface area contributed by atoms with E-state index in [2.05, 4.69) is 32.6 Å². The lowest BCUT2D eigenvalue weighted by Gasteiger charge is -2.15. The number of ether oxygens (including phenoxy) is 2. The van der Waals surface area contributed by atoms with Crippen LogP contribution in [0.15, 0.2) is 47.4 Å². The molecule has 26 heavy (non-hydrogen) atoms. The van der Waals surface area contributed by atoms with Gasteiger partial charge in [0.15, 0.2) is 11.5 Å². The lowest BCUT2D eigenvalue weighted by molar-refractivity contribution is -0.117. The number of benzene rings is 2. The number of halogens is 1. The highest BCUT2D eigenvalue weighted by Gasteiger charge is 2.23. The quantitative estimate of drug-likeness (QED) is 0.583. The number of sulfonamides is 1. The molecule has 2 rings (SSSR count). The maximum Gasteiger partial charge on any atom is 0.242 e. The first-order valence-corrected chi connectivity index (χ1v) is 10.1. The highest BCUT2D eigenvalue weighted by molar-refractivity contribution is 14.1. The second-order valence-corrected chi connectivity index (χ2v) is 8.32. The Hall–Kier alpha value is -1.85. The first-order valence-electron chi connectivity index (χ1n) is 7.57. The molecule has 0 saturated heterocycles. The molecule has 2 N–H and O–H groups in total. The van der Waals surface area contributed by atoms with Crippen LogP contribution in [0, 0.1) is 3.57 Å². The summed E-state index contributed by atoms with van der Waals surface area (Å²) >= 11 is 2.15. The molecule has 0 aliphatic heterocycles. The van der Waals surface area contributed by atoms with Gasteiger partial charge in [0.05, 0.1) is 25.2 Å². The Morgan fingerprint density at radius 3 is 2.23 bits per heavy atom. The Bertz CT molecular complexity index is 885. The van der Waals surface area contributed by atoms with Crippen molar-refractivity contribution in [3.05, 3.63) is 46.0 Å². The Morgan fingerprint density at radius 1 is 1.04 bits per heavy atom. The SMILES string of the molecule is COc1ccc(S(=O)(=O)N[C@@H](C)C(=O)Nc2ccc(I)cc2)cc1OC. The van der Waals surface area contributed by atoms with Crippen LogP contribution in [-0.4, -0.2) is 34.6 Å². The molecule has 0 saturated carbocycles. The predicted octanol–water partition coefficient (Wildman–Crippen LogP) is 2.61. The Morgan fingerprint density at radius 2 is 1.65 bits per heavy atom. The zero-order valence-corrected chi connectivity index (χ0v) is 17.4. The van der Waals surface area contributed by atoms with Crippen LogP contribution in [0.1, 0.15) is 6.92 Å². The summed E-state index contributed by atoms with van der Waals surface area (Å²) in [4.78, 5) is 12.2. The van der Waals surface area contributed by atoms with E-state index in [1.807, 2.05) is 12.1 Å². The van der Waals surface area contributed by atoms with E-state index in [1.165, 1.54) is 39.3 Å². The van der Waals surface area contributed by atoms with Crippen LogP contribution >= 0.6 is 22.6 Å². The molecular formula is C17H19IN2O5S. The average Bonchev–Trinajstić information content (AvgIpc) is 2.62. The van der Waals surface area contributed by atoms with Gasteiger partial charge in [-0.2, -0.15) is 4.72 Å². The van der Waals surface area contributed by atoms with Crippen LogP contribution in [0.2, 0.25) is 0 Å². The maximum absolute atomic E-state index is 12.5. The van der Waals surface area contributed by atoms with E-state index >= 15 is 0 Å². The average molecular weight is 490 g/mol. The van der Waals surface area contributed by atoms with Crippen LogP contribution in [0.5, 0.6) is 11.5 Å². The molecule has 0 radical (unpaired) electrons. The van der Waals surface area contributed by atoms with E-state index in [0.29, 0.717) is 11.4 Å². The number of methoxy groups -OCH3 is 2. The number of carbonyl (C=O) groups is 1. The Balaban J connectivity index is 2.12. The summed E-state index contributed by atoms with van der Waals surface area (Å²) in [5.41, 5.74) is 0.590. The van der Waals surface area contributed by atoms with Crippen LogP contribution < -0.4 is 19.5 Å². The summed E-state index contributed by atoms with van der Waals surface area (Å²) in [5.74, 6) is 0.234. The number of hydrogen-bond donors (Lipinski definition) is 2. The van der Waals surface area contributed by atoms with Gasteiger partial charge in [-0.15, -0.1) is 0 Å². The summed E-state index contributed by atoms with van der Waals surface area (Å²) in [6.07, 6.45) is 0. The normalized spacial score (nSPS) is 12.3. The minimum atomic E-state index is -3.91. The van der Waals surface area contributed by atoms with Gasteiger partial charge >= 0.3 is 0 Å². The van der Waals surface area contributed by atoms with Gasteiger partial charge in [0.25, 0.3) is 0 Å². The van der Waals surface area contributed by atoms with Crippen molar-refractivity contribution in [2.45, 2.75) is 17.9 Å². The monoisotopic (exact) mass is 490 g/mol. The van der Waals surface area contributed by atoms with E-state index in [1.54, 1.807) is 12.1 Å². The standard InChI is InChI=1S/C17H19IN2O5S/c1-11(17(21)19-13-6-4-12(18)5-7-13)20-26(22,23)14-8-9-15(24-2)16(10-14)25-3/h4-11,20H,1-3H3,(H,19,21)/t11-/m0/s1. The van der Waals surface area contributed by atoms with Crippen LogP contribution in [-0.2, 0) is 14.8 Å². The minimum absolute atomic E-state index is 0.0240. The van der Waals surface area contributed by atoms with Crippen molar-refractivity contribution in [1.82, 2.24) is 4.72 Å². The molecular weight excluding hydrogens is 471 g/mol. The summed E-state index contributed by atoms with van der Waals surface area (Å²) in [6, 6.07) is 10.4. The molecule has 7 nitrogen and oxygen atoms in total. The Labute approximate surface area is 166 Å². The highest BCUT2D eigenvalue weighted by atomic mass is 127. The van der Waals surface area contributed by atoms with Crippen molar-refractivity contribution in [2.24, 2.45) is 0 Å². The number of amides is 1. The van der Waals surface area contributed by atoms with Crippen molar-refractivity contribution < 1.29 is 22.7 Å². The number of nitrogens with one attached hydrogen (secondary N) is 2. The molecule has 9 heteroatoms. The molecule has 1 amide bonds. The van der Waals surface area contributed by atoms with Crippen molar-refractivity contribution >= 4 is 44.2 Å². The van der Waals surface area contributed by atoms with Gasteiger partial charge < -0.3 is 14.8 Å². The third-order valence-electron chi connectivity index (χ3n) is 3.50. The second-order valence-electron chi connectivity index (χ2n) is 5.36. The molecule has 0 unspecified atom stereocenters.